The van der Waals surface area contributed by atoms with Crippen molar-refractivity contribution in [2.75, 3.05) is 18.9 Å². The first-order valence-electron chi connectivity index (χ1n) is 11.5. The van der Waals surface area contributed by atoms with Crippen molar-refractivity contribution in [2.45, 2.75) is 50.0 Å². The summed E-state index contributed by atoms with van der Waals surface area (Å²) in [6.07, 6.45) is 4.50. The monoisotopic (exact) mass is 483 g/mol. The number of rotatable bonds is 7. The summed E-state index contributed by atoms with van der Waals surface area (Å²) in [5, 5.41) is 2.66. The molecule has 0 radical (unpaired) electrons. The molecule has 0 atom stereocenters. The molecular weight excluding hydrogens is 454 g/mol. The SMILES string of the molecule is CN(Cc1ccccc1)S(=O)(=O)c1ccc(NC(=O)CN2C(=O)CC3(CCCCC3)C2=O)cc1. The van der Waals surface area contributed by atoms with Crippen LogP contribution in [0.4, 0.5) is 5.69 Å². The van der Waals surface area contributed by atoms with E-state index in [0.29, 0.717) is 18.5 Å². The molecule has 2 aromatic rings. The molecule has 1 spiro atoms. The van der Waals surface area contributed by atoms with Crippen LogP contribution in [0.2, 0.25) is 0 Å². The number of anilines is 1. The van der Waals surface area contributed by atoms with Crippen molar-refractivity contribution >= 4 is 33.4 Å². The van der Waals surface area contributed by atoms with E-state index in [-0.39, 0.29) is 36.2 Å². The van der Waals surface area contributed by atoms with E-state index in [4.69, 9.17) is 0 Å². The highest BCUT2D eigenvalue weighted by Crippen LogP contribution is 2.45. The van der Waals surface area contributed by atoms with Crippen LogP contribution in [0.1, 0.15) is 44.1 Å². The van der Waals surface area contributed by atoms with Gasteiger partial charge >= 0.3 is 0 Å². The third-order valence-electron chi connectivity index (χ3n) is 6.70. The molecule has 2 aromatic carbocycles. The van der Waals surface area contributed by atoms with Gasteiger partial charge in [-0.15, -0.1) is 0 Å². The smallest absolute Gasteiger partial charge is 0.244 e. The van der Waals surface area contributed by atoms with Crippen molar-refractivity contribution in [3.8, 4) is 0 Å². The van der Waals surface area contributed by atoms with Crippen LogP contribution in [-0.2, 0) is 31.0 Å². The minimum Gasteiger partial charge on any atom is -0.325 e. The van der Waals surface area contributed by atoms with Crippen LogP contribution in [0.25, 0.3) is 0 Å². The Labute approximate surface area is 200 Å². The van der Waals surface area contributed by atoms with E-state index in [1.807, 2.05) is 30.3 Å². The van der Waals surface area contributed by atoms with Crippen LogP contribution in [-0.4, -0.2) is 48.9 Å². The summed E-state index contributed by atoms with van der Waals surface area (Å²) in [5.41, 5.74) is 0.636. The fourth-order valence-corrected chi connectivity index (χ4v) is 5.96. The minimum absolute atomic E-state index is 0.105. The molecule has 1 heterocycles. The second kappa shape index (κ2) is 9.68. The zero-order valence-corrected chi connectivity index (χ0v) is 20.0. The number of hydrogen-bond donors (Lipinski definition) is 1. The molecule has 2 aliphatic rings. The number of carbonyl (C=O) groups is 3. The summed E-state index contributed by atoms with van der Waals surface area (Å²) in [5.74, 6) is -1.04. The van der Waals surface area contributed by atoms with Crippen molar-refractivity contribution in [1.82, 2.24) is 9.21 Å². The van der Waals surface area contributed by atoms with Crippen molar-refractivity contribution in [3.63, 3.8) is 0 Å². The largest absolute Gasteiger partial charge is 0.325 e. The number of nitrogens with one attached hydrogen (secondary N) is 1. The Morgan fingerprint density at radius 2 is 1.65 bits per heavy atom. The molecule has 1 N–H and O–H groups in total. The lowest BCUT2D eigenvalue weighted by Gasteiger charge is -2.30. The Bertz CT molecular complexity index is 1170. The number of benzene rings is 2. The Morgan fingerprint density at radius 3 is 2.29 bits per heavy atom. The van der Waals surface area contributed by atoms with E-state index < -0.39 is 21.3 Å². The van der Waals surface area contributed by atoms with Crippen LogP contribution in [0.15, 0.2) is 59.5 Å². The third kappa shape index (κ3) is 4.90. The number of hydrogen-bond acceptors (Lipinski definition) is 5. The average Bonchev–Trinajstić information content (AvgIpc) is 3.04. The predicted octanol–water partition coefficient (Wildman–Crippen LogP) is 3.16. The molecular formula is C25H29N3O5S. The summed E-state index contributed by atoms with van der Waals surface area (Å²) in [6.45, 7) is -0.0969. The number of nitrogens with zero attached hydrogens (tertiary/aromatic N) is 2. The lowest BCUT2D eigenvalue weighted by atomic mass is 9.73. The average molecular weight is 484 g/mol. The van der Waals surface area contributed by atoms with Gasteiger partial charge in [-0.3, -0.25) is 19.3 Å². The van der Waals surface area contributed by atoms with Crippen LogP contribution in [0, 0.1) is 5.41 Å². The van der Waals surface area contributed by atoms with Gasteiger partial charge in [0.15, 0.2) is 0 Å². The number of imide groups is 1. The molecule has 1 saturated carbocycles. The maximum absolute atomic E-state index is 12.9. The number of carbonyl (C=O) groups excluding carboxylic acids is 3. The van der Waals surface area contributed by atoms with E-state index in [1.165, 1.54) is 35.6 Å². The molecule has 3 amide bonds. The normalized spacial score (nSPS) is 18.0. The van der Waals surface area contributed by atoms with E-state index in [0.717, 1.165) is 29.7 Å². The molecule has 180 valence electrons. The zero-order valence-electron chi connectivity index (χ0n) is 19.2. The summed E-state index contributed by atoms with van der Waals surface area (Å²) in [4.78, 5) is 39.0. The highest BCUT2D eigenvalue weighted by molar-refractivity contribution is 7.89. The van der Waals surface area contributed by atoms with Crippen molar-refractivity contribution < 1.29 is 22.8 Å². The first-order valence-corrected chi connectivity index (χ1v) is 12.9. The maximum atomic E-state index is 12.9. The van der Waals surface area contributed by atoms with Crippen LogP contribution in [0.3, 0.4) is 0 Å². The molecule has 1 aliphatic carbocycles. The summed E-state index contributed by atoms with van der Waals surface area (Å²) < 4.78 is 27.0. The molecule has 34 heavy (non-hydrogen) atoms. The zero-order chi connectivity index (χ0) is 24.3. The summed E-state index contributed by atoms with van der Waals surface area (Å²) in [7, 11) is -2.19. The number of sulfonamides is 1. The molecule has 2 fully saturated rings. The maximum Gasteiger partial charge on any atom is 0.244 e. The predicted molar refractivity (Wildman–Crippen MR) is 127 cm³/mol. The highest BCUT2D eigenvalue weighted by Gasteiger charge is 2.51. The van der Waals surface area contributed by atoms with Gasteiger partial charge in [-0.25, -0.2) is 8.42 Å². The Morgan fingerprint density at radius 1 is 1.00 bits per heavy atom. The Kier molecular flexibility index (Phi) is 6.86. The second-order valence-electron chi connectivity index (χ2n) is 9.12. The van der Waals surface area contributed by atoms with Gasteiger partial charge in [0.1, 0.15) is 6.54 Å². The van der Waals surface area contributed by atoms with Gasteiger partial charge in [0.05, 0.1) is 10.3 Å². The van der Waals surface area contributed by atoms with Crippen molar-refractivity contribution in [3.05, 3.63) is 60.2 Å². The van der Waals surface area contributed by atoms with E-state index in [2.05, 4.69) is 5.32 Å². The third-order valence-corrected chi connectivity index (χ3v) is 8.51. The van der Waals surface area contributed by atoms with E-state index >= 15 is 0 Å². The van der Waals surface area contributed by atoms with Gasteiger partial charge in [0.2, 0.25) is 27.7 Å². The number of likely N-dealkylation sites (tertiary alicyclic amines) is 1. The molecule has 1 aliphatic heterocycles. The van der Waals surface area contributed by atoms with Gasteiger partial charge in [-0.2, -0.15) is 4.31 Å². The molecule has 8 nitrogen and oxygen atoms in total. The Balaban J connectivity index is 1.37. The Hall–Kier alpha value is -3.04. The lowest BCUT2D eigenvalue weighted by Crippen LogP contribution is -2.41. The summed E-state index contributed by atoms with van der Waals surface area (Å²) >= 11 is 0. The van der Waals surface area contributed by atoms with Crippen LogP contribution >= 0.6 is 0 Å². The van der Waals surface area contributed by atoms with Gasteiger partial charge in [-0.05, 0) is 42.7 Å². The van der Waals surface area contributed by atoms with Crippen molar-refractivity contribution in [1.29, 1.82) is 0 Å². The van der Waals surface area contributed by atoms with Crippen molar-refractivity contribution in [2.24, 2.45) is 5.41 Å². The quantitative estimate of drug-likeness (QED) is 0.610. The topological polar surface area (TPSA) is 104 Å². The van der Waals surface area contributed by atoms with Gasteiger partial charge < -0.3 is 5.32 Å². The first-order chi connectivity index (χ1) is 16.2. The molecule has 4 rings (SSSR count). The van der Waals surface area contributed by atoms with E-state index in [1.54, 1.807) is 0 Å². The van der Waals surface area contributed by atoms with E-state index in [9.17, 15) is 22.8 Å². The summed E-state index contributed by atoms with van der Waals surface area (Å²) in [6, 6.07) is 15.1. The fourth-order valence-electron chi connectivity index (χ4n) is 4.80. The van der Waals surface area contributed by atoms with Gasteiger partial charge in [0.25, 0.3) is 0 Å². The number of amides is 3. The molecule has 0 bridgehead atoms. The fraction of sp³-hybridized carbons (Fsp3) is 0.400. The molecule has 9 heteroatoms. The molecule has 0 unspecified atom stereocenters. The first kappa shape index (κ1) is 24.1. The molecule has 1 saturated heterocycles. The molecule has 0 aromatic heterocycles. The minimum atomic E-state index is -3.71. The van der Waals surface area contributed by atoms with Crippen LogP contribution < -0.4 is 5.32 Å². The van der Waals surface area contributed by atoms with Gasteiger partial charge in [-0.1, -0.05) is 49.6 Å². The highest BCUT2D eigenvalue weighted by atomic mass is 32.2. The standard InChI is InChI=1S/C25H29N3O5S/c1-27(17-19-8-4-2-5-9-19)34(32,33)21-12-10-20(11-13-21)26-22(29)18-28-23(30)16-25(24(28)31)14-6-3-7-15-25/h2,4-5,8-13H,3,6-7,14-18H2,1H3,(H,26,29). The van der Waals surface area contributed by atoms with Gasteiger partial charge in [0, 0.05) is 25.7 Å². The second-order valence-corrected chi connectivity index (χ2v) is 11.2. The lowest BCUT2D eigenvalue weighted by molar-refractivity contribution is -0.144. The van der Waals surface area contributed by atoms with Crippen LogP contribution in [0.5, 0.6) is 0 Å².